The number of benzene rings is 2. The normalized spacial score (nSPS) is 10.4. The molecule has 0 saturated heterocycles. The molecule has 1 N–H and O–H groups in total. The van der Waals surface area contributed by atoms with E-state index in [4.69, 9.17) is 11.6 Å². The van der Waals surface area contributed by atoms with E-state index in [1.54, 1.807) is 6.20 Å². The van der Waals surface area contributed by atoms with Crippen molar-refractivity contribution in [2.75, 3.05) is 0 Å². The van der Waals surface area contributed by atoms with E-state index in [1.165, 1.54) is 0 Å². The fourth-order valence-corrected chi connectivity index (χ4v) is 2.38. The van der Waals surface area contributed by atoms with Gasteiger partial charge in [-0.05, 0) is 17.7 Å². The molecule has 0 unspecified atom stereocenters. The topological polar surface area (TPSA) is 32.9 Å². The molecule has 20 heavy (non-hydrogen) atoms. The fraction of sp³-hybridized carbons (Fsp3) is 0. The van der Waals surface area contributed by atoms with Gasteiger partial charge in [0.25, 0.3) is 0 Å². The van der Waals surface area contributed by atoms with Crippen molar-refractivity contribution in [3.8, 4) is 11.1 Å². The maximum absolute atomic E-state index is 12.5. The van der Waals surface area contributed by atoms with Crippen LogP contribution in [-0.4, -0.2) is 10.8 Å². The molecule has 98 valence electrons. The van der Waals surface area contributed by atoms with Gasteiger partial charge < -0.3 is 4.98 Å². The number of halogens is 1. The predicted molar refractivity (Wildman–Crippen MR) is 81.1 cm³/mol. The molecule has 0 aliphatic carbocycles. The Labute approximate surface area is 122 Å². The highest BCUT2D eigenvalue weighted by atomic mass is 35.5. The van der Waals surface area contributed by atoms with E-state index in [0.717, 1.165) is 11.1 Å². The zero-order chi connectivity index (χ0) is 13.9. The van der Waals surface area contributed by atoms with E-state index in [1.807, 2.05) is 60.8 Å². The summed E-state index contributed by atoms with van der Waals surface area (Å²) in [4.78, 5) is 15.5. The van der Waals surface area contributed by atoms with Crippen LogP contribution < -0.4 is 0 Å². The molecule has 3 rings (SSSR count). The largest absolute Gasteiger partial charge is 0.366 e. The summed E-state index contributed by atoms with van der Waals surface area (Å²) >= 11 is 6.02. The molecular formula is C17H12ClNO. The van der Waals surface area contributed by atoms with Gasteiger partial charge in [0.05, 0.1) is 0 Å². The van der Waals surface area contributed by atoms with Crippen LogP contribution >= 0.6 is 11.6 Å². The Morgan fingerprint density at radius 2 is 1.75 bits per heavy atom. The highest BCUT2D eigenvalue weighted by molar-refractivity contribution is 6.30. The molecule has 1 heterocycles. The Kier molecular flexibility index (Phi) is 3.40. The van der Waals surface area contributed by atoms with Gasteiger partial charge in [-0.15, -0.1) is 0 Å². The van der Waals surface area contributed by atoms with Crippen molar-refractivity contribution in [2.24, 2.45) is 0 Å². The zero-order valence-corrected chi connectivity index (χ0v) is 11.4. The molecule has 3 heteroatoms. The molecule has 0 bridgehead atoms. The summed E-state index contributed by atoms with van der Waals surface area (Å²) in [6, 6.07) is 16.7. The quantitative estimate of drug-likeness (QED) is 0.701. The summed E-state index contributed by atoms with van der Waals surface area (Å²) in [5.74, 6) is 0.00169. The maximum atomic E-state index is 12.5. The van der Waals surface area contributed by atoms with Crippen molar-refractivity contribution in [1.29, 1.82) is 0 Å². The Bertz CT molecular complexity index is 746. The first-order valence-corrected chi connectivity index (χ1v) is 6.66. The van der Waals surface area contributed by atoms with Crippen LogP contribution in [0.1, 0.15) is 15.9 Å². The number of aromatic amines is 1. The van der Waals surface area contributed by atoms with E-state index < -0.39 is 0 Å². The van der Waals surface area contributed by atoms with E-state index in [-0.39, 0.29) is 5.78 Å². The van der Waals surface area contributed by atoms with Crippen molar-refractivity contribution in [1.82, 2.24) is 4.98 Å². The van der Waals surface area contributed by atoms with Gasteiger partial charge in [0.2, 0.25) is 0 Å². The molecule has 0 amide bonds. The predicted octanol–water partition coefficient (Wildman–Crippen LogP) is 4.57. The lowest BCUT2D eigenvalue weighted by Crippen LogP contribution is -2.01. The van der Waals surface area contributed by atoms with E-state index in [2.05, 4.69) is 4.98 Å². The summed E-state index contributed by atoms with van der Waals surface area (Å²) in [5.41, 5.74) is 3.12. The minimum atomic E-state index is 0.00169. The number of hydrogen-bond acceptors (Lipinski definition) is 1. The third-order valence-corrected chi connectivity index (χ3v) is 3.40. The summed E-state index contributed by atoms with van der Waals surface area (Å²) in [6.45, 7) is 0. The van der Waals surface area contributed by atoms with Crippen molar-refractivity contribution < 1.29 is 4.79 Å². The van der Waals surface area contributed by atoms with Gasteiger partial charge in [-0.25, -0.2) is 0 Å². The van der Waals surface area contributed by atoms with Crippen molar-refractivity contribution in [2.45, 2.75) is 0 Å². The summed E-state index contributed by atoms with van der Waals surface area (Å²) in [5, 5.41) is 0.654. The summed E-state index contributed by atoms with van der Waals surface area (Å²) in [7, 11) is 0. The first-order valence-electron chi connectivity index (χ1n) is 6.28. The monoisotopic (exact) mass is 281 g/mol. The number of carbonyl (C=O) groups excluding carboxylic acids is 1. The second-order valence-electron chi connectivity index (χ2n) is 4.49. The highest BCUT2D eigenvalue weighted by Crippen LogP contribution is 2.27. The molecule has 3 aromatic rings. The highest BCUT2D eigenvalue weighted by Gasteiger charge is 2.15. The lowest BCUT2D eigenvalue weighted by Gasteiger charge is -2.04. The molecule has 0 fully saturated rings. The van der Waals surface area contributed by atoms with Gasteiger partial charge >= 0.3 is 0 Å². The number of H-pyrrole nitrogens is 1. The first kappa shape index (κ1) is 12.7. The number of nitrogens with one attached hydrogen (secondary N) is 1. The van der Waals surface area contributed by atoms with Crippen LogP contribution in [0.5, 0.6) is 0 Å². The van der Waals surface area contributed by atoms with Gasteiger partial charge in [-0.2, -0.15) is 0 Å². The number of ketones is 1. The lowest BCUT2D eigenvalue weighted by molar-refractivity contribution is 0.103. The number of rotatable bonds is 3. The van der Waals surface area contributed by atoms with Crippen LogP contribution in [0.4, 0.5) is 0 Å². The van der Waals surface area contributed by atoms with Crippen molar-refractivity contribution in [3.63, 3.8) is 0 Å². The molecule has 1 aromatic heterocycles. The number of hydrogen-bond donors (Lipinski definition) is 1. The number of carbonyl (C=O) groups is 1. The Hall–Kier alpha value is -2.32. The van der Waals surface area contributed by atoms with Crippen LogP contribution in [0, 0.1) is 0 Å². The third-order valence-electron chi connectivity index (χ3n) is 3.16. The Balaban J connectivity index is 2.05. The standard InChI is InChI=1S/C17H12ClNO/c18-14-8-4-7-13(9-14)15-10-19-11-16(15)17(20)12-5-2-1-3-6-12/h1-11,19H. The molecule has 2 aromatic carbocycles. The zero-order valence-electron chi connectivity index (χ0n) is 10.6. The molecule has 0 atom stereocenters. The summed E-state index contributed by atoms with van der Waals surface area (Å²) in [6.07, 6.45) is 3.55. The second-order valence-corrected chi connectivity index (χ2v) is 4.92. The number of aromatic nitrogens is 1. The Morgan fingerprint density at radius 3 is 2.50 bits per heavy atom. The molecule has 0 aliphatic heterocycles. The fourth-order valence-electron chi connectivity index (χ4n) is 2.19. The van der Waals surface area contributed by atoms with Gasteiger partial charge in [0.15, 0.2) is 5.78 Å². The van der Waals surface area contributed by atoms with Crippen LogP contribution in [0.25, 0.3) is 11.1 Å². The average molecular weight is 282 g/mol. The Morgan fingerprint density at radius 1 is 0.950 bits per heavy atom. The van der Waals surface area contributed by atoms with E-state index in [0.29, 0.717) is 16.1 Å². The van der Waals surface area contributed by atoms with Gasteiger partial charge in [0, 0.05) is 34.1 Å². The van der Waals surface area contributed by atoms with Crippen LogP contribution in [0.2, 0.25) is 5.02 Å². The lowest BCUT2D eigenvalue weighted by atomic mass is 9.98. The molecule has 0 aliphatic rings. The minimum absolute atomic E-state index is 0.00169. The van der Waals surface area contributed by atoms with Crippen LogP contribution in [0.15, 0.2) is 67.0 Å². The third kappa shape index (κ3) is 2.38. The minimum Gasteiger partial charge on any atom is -0.366 e. The molecular weight excluding hydrogens is 270 g/mol. The second kappa shape index (κ2) is 5.35. The molecule has 0 radical (unpaired) electrons. The van der Waals surface area contributed by atoms with Gasteiger partial charge in [0.1, 0.15) is 0 Å². The average Bonchev–Trinajstić information content (AvgIpc) is 2.97. The van der Waals surface area contributed by atoms with Gasteiger partial charge in [-0.3, -0.25) is 4.79 Å². The van der Waals surface area contributed by atoms with Crippen LogP contribution in [-0.2, 0) is 0 Å². The van der Waals surface area contributed by atoms with Gasteiger partial charge in [-0.1, -0.05) is 54.1 Å². The van der Waals surface area contributed by atoms with E-state index in [9.17, 15) is 4.79 Å². The first-order chi connectivity index (χ1) is 9.75. The molecule has 0 spiro atoms. The SMILES string of the molecule is O=C(c1ccccc1)c1c[nH]cc1-c1cccc(Cl)c1. The maximum Gasteiger partial charge on any atom is 0.195 e. The van der Waals surface area contributed by atoms with Crippen molar-refractivity contribution in [3.05, 3.63) is 83.1 Å². The van der Waals surface area contributed by atoms with E-state index >= 15 is 0 Å². The van der Waals surface area contributed by atoms with Crippen LogP contribution in [0.3, 0.4) is 0 Å². The molecule has 2 nitrogen and oxygen atoms in total. The smallest absolute Gasteiger partial charge is 0.195 e. The summed E-state index contributed by atoms with van der Waals surface area (Å²) < 4.78 is 0. The molecule has 0 saturated carbocycles. The van der Waals surface area contributed by atoms with Crippen molar-refractivity contribution >= 4 is 17.4 Å².